The van der Waals surface area contributed by atoms with Crippen LogP contribution in [0.2, 0.25) is 0 Å². The Balaban J connectivity index is 2.06. The first-order valence-corrected chi connectivity index (χ1v) is 8.67. The summed E-state index contributed by atoms with van der Waals surface area (Å²) < 4.78 is 21.0. The Morgan fingerprint density at radius 2 is 2.00 bits per heavy atom. The number of hydrogen-bond donors (Lipinski definition) is 1. The van der Waals surface area contributed by atoms with E-state index >= 15 is 0 Å². The molecule has 0 radical (unpaired) electrons. The zero-order valence-corrected chi connectivity index (χ0v) is 15.7. The minimum Gasteiger partial charge on any atom is -0.505 e. The Kier molecular flexibility index (Phi) is 4.99. The molecule has 1 aromatic carbocycles. The third-order valence-corrected chi connectivity index (χ3v) is 4.46. The molecule has 140 valence electrons. The quantitative estimate of drug-likeness (QED) is 0.813. The molecular weight excluding hydrogens is 347 g/mol. The second-order valence-electron chi connectivity index (χ2n) is 6.28. The fourth-order valence-corrected chi connectivity index (χ4v) is 3.22. The lowest BCUT2D eigenvalue weighted by molar-refractivity contribution is -0.138. The summed E-state index contributed by atoms with van der Waals surface area (Å²) in [7, 11) is 0. The highest BCUT2D eigenvalue weighted by atomic mass is 19.1. The van der Waals surface area contributed by atoms with Gasteiger partial charge in [0.1, 0.15) is 17.1 Å². The number of aromatic nitrogens is 1. The van der Waals surface area contributed by atoms with Gasteiger partial charge < -0.3 is 14.4 Å². The van der Waals surface area contributed by atoms with Crippen molar-refractivity contribution in [2.45, 2.75) is 27.7 Å². The van der Waals surface area contributed by atoms with Crippen molar-refractivity contribution in [3.05, 3.63) is 70.1 Å². The first-order valence-electron chi connectivity index (χ1n) is 8.67. The number of carbonyl (C=O) groups is 1. The molecule has 2 heterocycles. The van der Waals surface area contributed by atoms with Crippen LogP contribution in [0.15, 0.2) is 52.4 Å². The number of esters is 1. The van der Waals surface area contributed by atoms with Gasteiger partial charge in [0.25, 0.3) is 0 Å². The smallest absolute Gasteiger partial charge is 0.343 e. The van der Waals surface area contributed by atoms with Gasteiger partial charge in [-0.25, -0.2) is 14.2 Å². The molecule has 1 N–H and O–H groups in total. The Labute approximate surface area is 157 Å². The van der Waals surface area contributed by atoms with Crippen LogP contribution in [0.1, 0.15) is 30.8 Å². The van der Waals surface area contributed by atoms with Gasteiger partial charge in [0.05, 0.1) is 18.0 Å². The van der Waals surface area contributed by atoms with Crippen molar-refractivity contribution in [1.29, 1.82) is 0 Å². The first kappa shape index (κ1) is 18.6. The number of para-hydroxylation sites is 1. The van der Waals surface area contributed by atoms with Crippen LogP contribution in [0.5, 0.6) is 0 Å². The highest BCUT2D eigenvalue weighted by Crippen LogP contribution is 2.29. The second-order valence-corrected chi connectivity index (χ2v) is 6.28. The van der Waals surface area contributed by atoms with Crippen molar-refractivity contribution in [3.63, 3.8) is 0 Å². The lowest BCUT2D eigenvalue weighted by Gasteiger charge is -2.10. The van der Waals surface area contributed by atoms with E-state index in [1.54, 1.807) is 42.7 Å². The Hall–Kier alpha value is -3.15. The van der Waals surface area contributed by atoms with Crippen LogP contribution in [0.3, 0.4) is 0 Å². The zero-order chi connectivity index (χ0) is 19.7. The Bertz CT molecular complexity index is 1010. The van der Waals surface area contributed by atoms with Crippen molar-refractivity contribution < 1.29 is 19.0 Å². The summed E-state index contributed by atoms with van der Waals surface area (Å²) in [5, 5.41) is 10.4. The van der Waals surface area contributed by atoms with E-state index in [0.717, 1.165) is 17.0 Å². The first-order chi connectivity index (χ1) is 12.8. The molecule has 1 aliphatic rings. The number of aliphatic hydroxyl groups is 1. The molecule has 0 bridgehead atoms. The summed E-state index contributed by atoms with van der Waals surface area (Å²) in [5.74, 6) is -1.13. The minimum absolute atomic E-state index is 0.0750. The van der Waals surface area contributed by atoms with Gasteiger partial charge in [-0.15, -0.1) is 0 Å². The molecule has 1 aliphatic heterocycles. The number of aryl methyl sites for hydroxylation is 1. The predicted octanol–water partition coefficient (Wildman–Crippen LogP) is 4.42. The molecule has 0 saturated carbocycles. The van der Waals surface area contributed by atoms with Gasteiger partial charge in [0, 0.05) is 11.4 Å². The van der Waals surface area contributed by atoms with E-state index in [0.29, 0.717) is 11.4 Å². The Morgan fingerprint density at radius 1 is 1.30 bits per heavy atom. The number of aliphatic hydroxyl groups excluding tert-OH is 1. The van der Waals surface area contributed by atoms with Crippen LogP contribution < -0.4 is 0 Å². The van der Waals surface area contributed by atoms with E-state index in [1.165, 1.54) is 6.07 Å². The molecule has 3 rings (SSSR count). The maximum Gasteiger partial charge on any atom is 0.343 e. The van der Waals surface area contributed by atoms with Crippen LogP contribution >= 0.6 is 0 Å². The third-order valence-electron chi connectivity index (χ3n) is 4.46. The topological polar surface area (TPSA) is 63.8 Å². The van der Waals surface area contributed by atoms with E-state index < -0.39 is 5.97 Å². The summed E-state index contributed by atoms with van der Waals surface area (Å²) in [6, 6.07) is 8.43. The van der Waals surface area contributed by atoms with Crippen molar-refractivity contribution >= 4 is 17.8 Å². The highest BCUT2D eigenvalue weighted by Gasteiger charge is 2.28. The summed E-state index contributed by atoms with van der Waals surface area (Å²) in [4.78, 5) is 16.3. The van der Waals surface area contributed by atoms with E-state index in [1.807, 2.05) is 19.9 Å². The largest absolute Gasteiger partial charge is 0.505 e. The summed E-state index contributed by atoms with van der Waals surface area (Å²) in [6.45, 7) is 7.30. The number of ether oxygens (including phenoxy) is 1. The second kappa shape index (κ2) is 7.23. The number of benzene rings is 1. The van der Waals surface area contributed by atoms with Gasteiger partial charge in [-0.1, -0.05) is 12.1 Å². The maximum absolute atomic E-state index is 14.2. The molecule has 0 unspecified atom stereocenters. The van der Waals surface area contributed by atoms with Crippen molar-refractivity contribution in [2.75, 3.05) is 6.61 Å². The zero-order valence-electron chi connectivity index (χ0n) is 15.7. The van der Waals surface area contributed by atoms with E-state index in [2.05, 4.69) is 4.99 Å². The molecular formula is C21H21FN2O3. The minimum atomic E-state index is -0.600. The average molecular weight is 368 g/mol. The van der Waals surface area contributed by atoms with Crippen LogP contribution in [-0.2, 0) is 9.53 Å². The monoisotopic (exact) mass is 368 g/mol. The molecule has 27 heavy (non-hydrogen) atoms. The predicted molar refractivity (Wildman–Crippen MR) is 103 cm³/mol. The molecule has 0 saturated heterocycles. The highest BCUT2D eigenvalue weighted by molar-refractivity contribution is 6.22. The number of aliphatic imine (C=N–C) groups is 1. The normalized spacial score (nSPS) is 15.4. The van der Waals surface area contributed by atoms with Crippen molar-refractivity contribution in [1.82, 2.24) is 4.57 Å². The van der Waals surface area contributed by atoms with Crippen LogP contribution in [-0.4, -0.2) is 28.0 Å². The summed E-state index contributed by atoms with van der Waals surface area (Å²) in [5.41, 5.74) is 3.64. The fraction of sp³-hybridized carbons (Fsp3) is 0.238. The van der Waals surface area contributed by atoms with Gasteiger partial charge in [-0.3, -0.25) is 0 Å². The molecule has 0 aliphatic carbocycles. The number of carbonyl (C=O) groups excluding carboxylic acids is 1. The maximum atomic E-state index is 14.2. The molecule has 1 aromatic heterocycles. The lowest BCUT2D eigenvalue weighted by atomic mass is 10.1. The number of nitrogens with zero attached hydrogens (tertiary/aromatic N) is 2. The fourth-order valence-electron chi connectivity index (χ4n) is 3.22. The van der Waals surface area contributed by atoms with Crippen molar-refractivity contribution in [2.24, 2.45) is 4.99 Å². The molecule has 0 amide bonds. The SMILES string of the molecule is CCOC(=O)C1=C(O)/C(=C/c2cc(C)n(-c3ccccc3F)c2C)N=C1C. The standard InChI is InChI=1S/C21H21FN2O3/c1-5-27-21(26)19-13(3)23-17(20(19)25)11-15-10-12(2)24(14(15)4)18-9-7-6-8-16(18)22/h6-11,25H,5H2,1-4H3/b17-11-. The molecule has 0 spiro atoms. The van der Waals surface area contributed by atoms with Gasteiger partial charge in [-0.05, 0) is 57.5 Å². The number of hydrogen-bond acceptors (Lipinski definition) is 4. The van der Waals surface area contributed by atoms with E-state index in [9.17, 15) is 14.3 Å². The van der Waals surface area contributed by atoms with Gasteiger partial charge in [-0.2, -0.15) is 0 Å². The lowest BCUT2D eigenvalue weighted by Crippen LogP contribution is -2.13. The van der Waals surface area contributed by atoms with Gasteiger partial charge in [0.2, 0.25) is 0 Å². The third kappa shape index (κ3) is 3.30. The van der Waals surface area contributed by atoms with Gasteiger partial charge in [0.15, 0.2) is 5.76 Å². The van der Waals surface area contributed by atoms with Crippen LogP contribution in [0, 0.1) is 19.7 Å². The Morgan fingerprint density at radius 3 is 2.67 bits per heavy atom. The summed E-state index contributed by atoms with van der Waals surface area (Å²) in [6.07, 6.45) is 1.69. The van der Waals surface area contributed by atoms with Gasteiger partial charge >= 0.3 is 5.97 Å². The molecule has 2 aromatic rings. The number of halogens is 1. The van der Waals surface area contributed by atoms with E-state index in [4.69, 9.17) is 4.74 Å². The average Bonchev–Trinajstić information content (AvgIpc) is 3.04. The van der Waals surface area contributed by atoms with Crippen LogP contribution in [0.25, 0.3) is 11.8 Å². The number of rotatable bonds is 4. The molecule has 6 heteroatoms. The molecule has 5 nitrogen and oxygen atoms in total. The molecule has 0 atom stereocenters. The van der Waals surface area contributed by atoms with Crippen molar-refractivity contribution in [3.8, 4) is 5.69 Å². The van der Waals surface area contributed by atoms with E-state index in [-0.39, 0.29) is 29.5 Å². The molecule has 0 fully saturated rings. The summed E-state index contributed by atoms with van der Waals surface area (Å²) >= 11 is 0. The van der Waals surface area contributed by atoms with Crippen LogP contribution in [0.4, 0.5) is 4.39 Å².